The Morgan fingerprint density at radius 3 is 2.15 bits per heavy atom. The molecule has 1 atom stereocenters. The highest BCUT2D eigenvalue weighted by atomic mass is 16.6. The highest BCUT2D eigenvalue weighted by Gasteiger charge is 2.50. The summed E-state index contributed by atoms with van der Waals surface area (Å²) in [7, 11) is 0. The van der Waals surface area contributed by atoms with Gasteiger partial charge >= 0.3 is 5.97 Å². The quantitative estimate of drug-likeness (QED) is 0.610. The first-order chi connectivity index (χ1) is 16.2. The second-order valence-corrected chi connectivity index (χ2v) is 10.2. The van der Waals surface area contributed by atoms with E-state index in [-0.39, 0.29) is 17.5 Å². The fourth-order valence-corrected chi connectivity index (χ4v) is 6.05. The molecule has 0 aromatic heterocycles. The number of morpholine rings is 1. The van der Waals surface area contributed by atoms with Gasteiger partial charge < -0.3 is 24.2 Å². The number of cyclic esters (lactones) is 1. The summed E-state index contributed by atoms with van der Waals surface area (Å²) in [5.41, 5.74) is 2.49. The third kappa shape index (κ3) is 5.00. The molecule has 7 heteroatoms. The Kier molecular flexibility index (Phi) is 7.09. The first-order valence-corrected chi connectivity index (χ1v) is 13.0. The maximum Gasteiger partial charge on any atom is 0.312 e. The monoisotopic (exact) mass is 456 g/mol. The number of nitrogens with zero attached hydrogens (tertiary/aromatic N) is 4. The molecule has 0 saturated carbocycles. The van der Waals surface area contributed by atoms with Crippen LogP contribution in [0.1, 0.15) is 32.6 Å². The van der Waals surface area contributed by atoms with Gasteiger partial charge in [0.15, 0.2) is 0 Å². The molecule has 5 rings (SSSR count). The number of ether oxygens (including phenoxy) is 2. The summed E-state index contributed by atoms with van der Waals surface area (Å²) in [4.78, 5) is 22.7. The first-order valence-electron chi connectivity index (χ1n) is 13.0. The summed E-state index contributed by atoms with van der Waals surface area (Å²) in [6, 6.07) is 8.82. The van der Waals surface area contributed by atoms with Crippen molar-refractivity contribution >= 4 is 17.3 Å². The lowest BCUT2D eigenvalue weighted by Crippen LogP contribution is -2.47. The summed E-state index contributed by atoms with van der Waals surface area (Å²) < 4.78 is 11.4. The fraction of sp³-hybridized carbons (Fsp3) is 0.731. The van der Waals surface area contributed by atoms with E-state index in [2.05, 4.69) is 50.8 Å². The molecule has 1 aromatic rings. The van der Waals surface area contributed by atoms with E-state index in [0.717, 1.165) is 104 Å². The molecule has 1 spiro atoms. The molecule has 1 unspecified atom stereocenters. The van der Waals surface area contributed by atoms with Crippen molar-refractivity contribution in [2.24, 2.45) is 5.41 Å². The van der Waals surface area contributed by atoms with Crippen molar-refractivity contribution in [2.75, 3.05) is 88.5 Å². The van der Waals surface area contributed by atoms with Gasteiger partial charge in [0.1, 0.15) is 6.10 Å². The molecule has 0 amide bonds. The predicted molar refractivity (Wildman–Crippen MR) is 131 cm³/mol. The molecule has 0 aliphatic carbocycles. The molecule has 4 aliphatic rings. The van der Waals surface area contributed by atoms with Gasteiger partial charge in [0, 0.05) is 52.2 Å². The first kappa shape index (κ1) is 22.9. The van der Waals surface area contributed by atoms with Gasteiger partial charge in [-0.05, 0) is 51.0 Å². The molecule has 33 heavy (non-hydrogen) atoms. The lowest BCUT2D eigenvalue weighted by molar-refractivity contribution is -0.151. The highest BCUT2D eigenvalue weighted by Crippen LogP contribution is 2.43. The van der Waals surface area contributed by atoms with Gasteiger partial charge in [0.05, 0.1) is 30.0 Å². The third-order valence-electron chi connectivity index (χ3n) is 8.30. The van der Waals surface area contributed by atoms with Gasteiger partial charge in [-0.3, -0.25) is 9.69 Å². The van der Waals surface area contributed by atoms with Crippen molar-refractivity contribution in [3.63, 3.8) is 0 Å². The van der Waals surface area contributed by atoms with Crippen LogP contribution in [0, 0.1) is 5.41 Å². The van der Waals surface area contributed by atoms with E-state index in [1.54, 1.807) is 0 Å². The number of rotatable bonds is 6. The molecule has 4 fully saturated rings. The van der Waals surface area contributed by atoms with Crippen LogP contribution in [-0.2, 0) is 14.3 Å². The van der Waals surface area contributed by atoms with Crippen LogP contribution in [0.4, 0.5) is 11.4 Å². The van der Waals surface area contributed by atoms with Crippen LogP contribution >= 0.6 is 0 Å². The summed E-state index contributed by atoms with van der Waals surface area (Å²) in [6.45, 7) is 14.1. The molecule has 0 N–H and O–H groups in total. The number of anilines is 2. The number of hydrogen-bond acceptors (Lipinski definition) is 7. The SMILES string of the molecule is CCN1CCC2(CC1)CC(CCN1CCN(c3ccccc3N3CCOCC3)CC1)OC2=O. The Labute approximate surface area is 198 Å². The van der Waals surface area contributed by atoms with Gasteiger partial charge in [-0.15, -0.1) is 0 Å². The van der Waals surface area contributed by atoms with Crippen molar-refractivity contribution in [1.82, 2.24) is 9.80 Å². The number of carbonyl (C=O) groups excluding carboxylic acids is 1. The zero-order valence-electron chi connectivity index (χ0n) is 20.2. The summed E-state index contributed by atoms with van der Waals surface area (Å²) >= 11 is 0. The van der Waals surface area contributed by atoms with Crippen LogP contribution in [0.25, 0.3) is 0 Å². The molecule has 4 aliphatic heterocycles. The van der Waals surface area contributed by atoms with Gasteiger partial charge in [-0.1, -0.05) is 19.1 Å². The average molecular weight is 457 g/mol. The molecule has 182 valence electrons. The van der Waals surface area contributed by atoms with E-state index in [1.807, 2.05) is 0 Å². The minimum Gasteiger partial charge on any atom is -0.462 e. The predicted octanol–water partition coefficient (Wildman–Crippen LogP) is 2.45. The highest BCUT2D eigenvalue weighted by molar-refractivity contribution is 5.79. The van der Waals surface area contributed by atoms with Crippen LogP contribution < -0.4 is 9.80 Å². The Morgan fingerprint density at radius 1 is 0.879 bits per heavy atom. The lowest BCUT2D eigenvalue weighted by Gasteiger charge is -2.39. The Morgan fingerprint density at radius 2 is 1.52 bits per heavy atom. The second kappa shape index (κ2) is 10.2. The van der Waals surface area contributed by atoms with Gasteiger partial charge in [-0.25, -0.2) is 0 Å². The van der Waals surface area contributed by atoms with Gasteiger partial charge in [0.2, 0.25) is 0 Å². The van der Waals surface area contributed by atoms with E-state index < -0.39 is 0 Å². The summed E-state index contributed by atoms with van der Waals surface area (Å²) in [5.74, 6) is 0.0767. The van der Waals surface area contributed by atoms with E-state index in [1.165, 1.54) is 11.4 Å². The van der Waals surface area contributed by atoms with Crippen molar-refractivity contribution < 1.29 is 14.3 Å². The molecule has 0 bridgehead atoms. The number of piperidine rings is 1. The van der Waals surface area contributed by atoms with Crippen molar-refractivity contribution in [3.8, 4) is 0 Å². The number of benzene rings is 1. The molecule has 1 aromatic carbocycles. The Bertz CT molecular complexity index is 796. The second-order valence-electron chi connectivity index (χ2n) is 10.2. The fourth-order valence-electron chi connectivity index (χ4n) is 6.05. The molecule has 0 radical (unpaired) electrons. The topological polar surface area (TPSA) is 48.5 Å². The van der Waals surface area contributed by atoms with Gasteiger partial charge in [0.25, 0.3) is 0 Å². The maximum absolute atomic E-state index is 12.7. The maximum atomic E-state index is 12.7. The molecular weight excluding hydrogens is 416 g/mol. The van der Waals surface area contributed by atoms with Crippen LogP contribution in [0.5, 0.6) is 0 Å². The number of piperazine rings is 1. The van der Waals surface area contributed by atoms with Crippen LogP contribution in [0.2, 0.25) is 0 Å². The zero-order chi connectivity index (χ0) is 22.7. The summed E-state index contributed by atoms with van der Waals surface area (Å²) in [6.07, 6.45) is 3.94. The Balaban J connectivity index is 1.10. The number of likely N-dealkylation sites (tertiary alicyclic amines) is 1. The van der Waals surface area contributed by atoms with Crippen LogP contribution in [0.3, 0.4) is 0 Å². The number of hydrogen-bond donors (Lipinski definition) is 0. The molecule has 4 heterocycles. The Hall–Kier alpha value is -1.83. The van der Waals surface area contributed by atoms with Crippen molar-refractivity contribution in [2.45, 2.75) is 38.7 Å². The molecular formula is C26H40N4O3. The number of esters is 1. The van der Waals surface area contributed by atoms with Crippen molar-refractivity contribution in [1.29, 1.82) is 0 Å². The van der Waals surface area contributed by atoms with Crippen LogP contribution in [-0.4, -0.2) is 101 Å². The van der Waals surface area contributed by atoms with E-state index in [9.17, 15) is 4.79 Å². The standard InChI is InChI=1S/C26H40N4O3/c1-2-27-11-8-26(9-12-27)21-22(33-25(26)31)7-10-28-13-15-29(16-14-28)23-5-3-4-6-24(23)30-17-19-32-20-18-30/h3-6,22H,2,7-21H2,1H3. The average Bonchev–Trinajstić information content (AvgIpc) is 3.18. The smallest absolute Gasteiger partial charge is 0.312 e. The summed E-state index contributed by atoms with van der Waals surface area (Å²) in [5, 5.41) is 0. The minimum absolute atomic E-state index is 0.0767. The minimum atomic E-state index is -0.196. The normalized spacial score (nSPS) is 26.7. The number of carbonyl (C=O) groups is 1. The third-order valence-corrected chi connectivity index (χ3v) is 8.30. The van der Waals surface area contributed by atoms with E-state index in [4.69, 9.17) is 9.47 Å². The number of para-hydroxylation sites is 2. The molecule has 4 saturated heterocycles. The van der Waals surface area contributed by atoms with E-state index >= 15 is 0 Å². The van der Waals surface area contributed by atoms with Gasteiger partial charge in [-0.2, -0.15) is 0 Å². The largest absolute Gasteiger partial charge is 0.462 e. The van der Waals surface area contributed by atoms with Crippen molar-refractivity contribution in [3.05, 3.63) is 24.3 Å². The lowest BCUT2D eigenvalue weighted by atomic mass is 9.76. The van der Waals surface area contributed by atoms with Crippen LogP contribution in [0.15, 0.2) is 24.3 Å². The zero-order valence-corrected chi connectivity index (χ0v) is 20.2. The van der Waals surface area contributed by atoms with E-state index in [0.29, 0.717) is 0 Å². The molecule has 7 nitrogen and oxygen atoms in total.